The van der Waals surface area contributed by atoms with Crippen molar-refractivity contribution in [2.75, 3.05) is 6.54 Å². The Kier molecular flexibility index (Phi) is 4.51. The summed E-state index contributed by atoms with van der Waals surface area (Å²) in [5, 5.41) is 4.86. The van der Waals surface area contributed by atoms with Gasteiger partial charge in [0.25, 0.3) is 0 Å². The van der Waals surface area contributed by atoms with Gasteiger partial charge in [0.05, 0.1) is 0 Å². The Morgan fingerprint density at radius 2 is 1.81 bits per heavy atom. The van der Waals surface area contributed by atoms with Crippen LogP contribution in [0.15, 0.2) is 18.2 Å². The van der Waals surface area contributed by atoms with E-state index in [-0.39, 0.29) is 0 Å². The first-order chi connectivity index (χ1) is 7.74. The van der Waals surface area contributed by atoms with Gasteiger partial charge in [0, 0.05) is 16.6 Å². The van der Waals surface area contributed by atoms with E-state index in [0.29, 0.717) is 10.0 Å². The predicted molar refractivity (Wildman–Crippen MR) is 70.1 cm³/mol. The molecule has 0 heterocycles. The van der Waals surface area contributed by atoms with Gasteiger partial charge >= 0.3 is 0 Å². The lowest BCUT2D eigenvalue weighted by atomic mass is 9.83. The Hall–Kier alpha value is -0.240. The summed E-state index contributed by atoms with van der Waals surface area (Å²) in [6.07, 6.45) is 5.57. The third-order valence-corrected chi connectivity index (χ3v) is 3.64. The summed E-state index contributed by atoms with van der Waals surface area (Å²) in [5.41, 5.74) is 1.16. The number of hydrogen-bond donors (Lipinski definition) is 1. The number of benzene rings is 1. The van der Waals surface area contributed by atoms with Crippen molar-refractivity contribution in [3.8, 4) is 0 Å². The van der Waals surface area contributed by atoms with Crippen LogP contribution in [-0.2, 0) is 6.54 Å². The summed E-state index contributed by atoms with van der Waals surface area (Å²) in [7, 11) is 0. The second kappa shape index (κ2) is 5.90. The van der Waals surface area contributed by atoms with E-state index in [2.05, 4.69) is 5.32 Å². The van der Waals surface area contributed by atoms with Gasteiger partial charge < -0.3 is 5.32 Å². The van der Waals surface area contributed by atoms with Crippen LogP contribution in [0, 0.1) is 5.92 Å². The van der Waals surface area contributed by atoms with Crippen LogP contribution in [-0.4, -0.2) is 6.54 Å². The minimum absolute atomic E-state index is 0.711. The molecule has 1 aromatic rings. The minimum atomic E-state index is 0.711. The lowest BCUT2D eigenvalue weighted by molar-refractivity contribution is 0.292. The second-order valence-corrected chi connectivity index (χ2v) is 5.41. The Morgan fingerprint density at radius 3 is 2.38 bits per heavy atom. The fourth-order valence-electron chi connectivity index (χ4n) is 2.03. The van der Waals surface area contributed by atoms with Gasteiger partial charge in [0.2, 0.25) is 0 Å². The number of hydrogen-bond acceptors (Lipinski definition) is 1. The maximum atomic E-state index is 5.93. The highest BCUT2D eigenvalue weighted by molar-refractivity contribution is 6.34. The molecule has 88 valence electrons. The zero-order chi connectivity index (χ0) is 11.4. The topological polar surface area (TPSA) is 12.0 Å². The van der Waals surface area contributed by atoms with Crippen LogP contribution in [0.4, 0.5) is 0 Å². The summed E-state index contributed by atoms with van der Waals surface area (Å²) in [5.74, 6) is 0.968. The summed E-state index contributed by atoms with van der Waals surface area (Å²) in [6, 6.07) is 5.69. The van der Waals surface area contributed by atoms with E-state index >= 15 is 0 Å². The molecule has 0 spiro atoms. The van der Waals surface area contributed by atoms with Gasteiger partial charge in [0.1, 0.15) is 0 Å². The minimum Gasteiger partial charge on any atom is -0.313 e. The van der Waals surface area contributed by atoms with Crippen LogP contribution in [0.1, 0.15) is 31.2 Å². The van der Waals surface area contributed by atoms with E-state index in [0.717, 1.165) is 24.6 Å². The molecule has 1 N–H and O–H groups in total. The second-order valence-electron chi connectivity index (χ2n) is 4.54. The van der Waals surface area contributed by atoms with Crippen LogP contribution < -0.4 is 5.32 Å². The largest absolute Gasteiger partial charge is 0.313 e. The molecule has 3 heteroatoms. The maximum absolute atomic E-state index is 5.93. The van der Waals surface area contributed by atoms with Gasteiger partial charge in [-0.2, -0.15) is 0 Å². The maximum Gasteiger partial charge on any atom is 0.0424 e. The van der Waals surface area contributed by atoms with E-state index in [9.17, 15) is 0 Å². The zero-order valence-electron chi connectivity index (χ0n) is 9.31. The van der Waals surface area contributed by atoms with Crippen LogP contribution in [0.5, 0.6) is 0 Å². The van der Waals surface area contributed by atoms with Crippen molar-refractivity contribution < 1.29 is 0 Å². The highest BCUT2D eigenvalue weighted by atomic mass is 35.5. The molecule has 0 atom stereocenters. The van der Waals surface area contributed by atoms with Gasteiger partial charge in [-0.3, -0.25) is 0 Å². The quantitative estimate of drug-likeness (QED) is 0.777. The molecule has 0 aliphatic heterocycles. The van der Waals surface area contributed by atoms with Crippen LogP contribution in [0.2, 0.25) is 10.0 Å². The molecule has 0 unspecified atom stereocenters. The van der Waals surface area contributed by atoms with E-state index in [4.69, 9.17) is 23.2 Å². The standard InChI is InChI=1S/C13H17Cl2N/c14-12-6-11(7-13(15)8-12)9-16-5-4-10-2-1-3-10/h6-8,10,16H,1-5,9H2. The Morgan fingerprint density at radius 1 is 1.12 bits per heavy atom. The summed E-state index contributed by atoms with van der Waals surface area (Å²) < 4.78 is 0. The van der Waals surface area contributed by atoms with Crippen molar-refractivity contribution in [2.24, 2.45) is 5.92 Å². The molecule has 0 amide bonds. The first kappa shape index (κ1) is 12.2. The van der Waals surface area contributed by atoms with Gasteiger partial charge in [-0.25, -0.2) is 0 Å². The normalized spacial score (nSPS) is 16.1. The molecule has 0 bridgehead atoms. The third kappa shape index (κ3) is 3.65. The van der Waals surface area contributed by atoms with Gasteiger partial charge in [-0.05, 0) is 42.6 Å². The smallest absolute Gasteiger partial charge is 0.0424 e. The van der Waals surface area contributed by atoms with Crippen LogP contribution >= 0.6 is 23.2 Å². The average Bonchev–Trinajstić information content (AvgIpc) is 2.13. The van der Waals surface area contributed by atoms with E-state index < -0.39 is 0 Å². The fraction of sp³-hybridized carbons (Fsp3) is 0.538. The zero-order valence-corrected chi connectivity index (χ0v) is 10.8. The molecule has 1 aromatic carbocycles. The molecule has 2 rings (SSSR count). The number of halogens is 2. The van der Waals surface area contributed by atoms with Crippen molar-refractivity contribution in [3.05, 3.63) is 33.8 Å². The molecule has 1 nitrogen and oxygen atoms in total. The van der Waals surface area contributed by atoms with Crippen molar-refractivity contribution in [2.45, 2.75) is 32.2 Å². The summed E-state index contributed by atoms with van der Waals surface area (Å²) >= 11 is 11.9. The molecular formula is C13H17Cl2N. The predicted octanol–water partition coefficient (Wildman–Crippen LogP) is 4.27. The molecule has 1 saturated carbocycles. The monoisotopic (exact) mass is 257 g/mol. The van der Waals surface area contributed by atoms with Crippen molar-refractivity contribution in [3.63, 3.8) is 0 Å². The number of nitrogens with one attached hydrogen (secondary N) is 1. The molecule has 1 aliphatic rings. The number of rotatable bonds is 5. The third-order valence-electron chi connectivity index (χ3n) is 3.21. The van der Waals surface area contributed by atoms with Gasteiger partial charge in [-0.15, -0.1) is 0 Å². The summed E-state index contributed by atoms with van der Waals surface area (Å²) in [4.78, 5) is 0. The van der Waals surface area contributed by atoms with E-state index in [1.165, 1.54) is 25.7 Å². The highest BCUT2D eigenvalue weighted by Crippen LogP contribution is 2.28. The van der Waals surface area contributed by atoms with Gasteiger partial charge in [0.15, 0.2) is 0 Å². The first-order valence-corrected chi connectivity index (χ1v) is 6.65. The fourth-order valence-corrected chi connectivity index (χ4v) is 2.60. The molecule has 0 aromatic heterocycles. The van der Waals surface area contributed by atoms with Crippen molar-refractivity contribution >= 4 is 23.2 Å². The van der Waals surface area contributed by atoms with Crippen molar-refractivity contribution in [1.29, 1.82) is 0 Å². The Bertz CT molecular complexity index is 328. The first-order valence-electron chi connectivity index (χ1n) is 5.90. The molecule has 16 heavy (non-hydrogen) atoms. The highest BCUT2D eigenvalue weighted by Gasteiger charge is 2.16. The Balaban J connectivity index is 1.71. The molecule has 0 saturated heterocycles. The SMILES string of the molecule is Clc1cc(Cl)cc(CNCCC2CCC2)c1. The molecule has 1 fully saturated rings. The lowest BCUT2D eigenvalue weighted by Crippen LogP contribution is -2.21. The summed E-state index contributed by atoms with van der Waals surface area (Å²) in [6.45, 7) is 1.95. The van der Waals surface area contributed by atoms with Crippen LogP contribution in [0.25, 0.3) is 0 Å². The molecular weight excluding hydrogens is 241 g/mol. The molecule has 1 aliphatic carbocycles. The van der Waals surface area contributed by atoms with Gasteiger partial charge in [-0.1, -0.05) is 42.5 Å². The van der Waals surface area contributed by atoms with E-state index in [1.54, 1.807) is 6.07 Å². The van der Waals surface area contributed by atoms with E-state index in [1.807, 2.05) is 12.1 Å². The lowest BCUT2D eigenvalue weighted by Gasteiger charge is -2.25. The molecule has 0 radical (unpaired) electrons. The Labute approximate surface area is 107 Å². The average molecular weight is 258 g/mol. The van der Waals surface area contributed by atoms with Crippen molar-refractivity contribution in [1.82, 2.24) is 5.32 Å². The van der Waals surface area contributed by atoms with Crippen LogP contribution in [0.3, 0.4) is 0 Å².